The molecule has 0 fully saturated rings. The first-order chi connectivity index (χ1) is 11.4. The van der Waals surface area contributed by atoms with Crippen molar-refractivity contribution in [1.82, 2.24) is 4.72 Å². The summed E-state index contributed by atoms with van der Waals surface area (Å²) < 4.78 is 33.1. The van der Waals surface area contributed by atoms with Crippen LogP contribution >= 0.6 is 11.6 Å². The summed E-state index contributed by atoms with van der Waals surface area (Å²) in [7, 11) is -2.30. The molecule has 0 atom stereocenters. The lowest BCUT2D eigenvalue weighted by Gasteiger charge is -2.13. The van der Waals surface area contributed by atoms with E-state index in [9.17, 15) is 8.42 Å². The van der Waals surface area contributed by atoms with E-state index in [0.29, 0.717) is 5.02 Å². The third-order valence-corrected chi connectivity index (χ3v) is 5.59. The standard InChI is InChI=1S/C18H22ClNO3S/c1-4-13-6-7-14(5-2)15(10-13)12-20-24(21,22)18-11-16(19)8-9-17(18)23-3/h6-11,20H,4-5,12H2,1-3H3. The van der Waals surface area contributed by atoms with Crippen LogP contribution in [0.4, 0.5) is 0 Å². The SMILES string of the molecule is CCc1ccc(CC)c(CNS(=O)(=O)c2cc(Cl)ccc2OC)c1. The van der Waals surface area contributed by atoms with E-state index >= 15 is 0 Å². The maximum Gasteiger partial charge on any atom is 0.244 e. The van der Waals surface area contributed by atoms with Crippen molar-refractivity contribution < 1.29 is 13.2 Å². The summed E-state index contributed by atoms with van der Waals surface area (Å²) in [5, 5.41) is 0.346. The molecular formula is C18H22ClNO3S. The minimum atomic E-state index is -3.73. The van der Waals surface area contributed by atoms with Crippen LogP contribution in [0.5, 0.6) is 5.75 Å². The van der Waals surface area contributed by atoms with Crippen molar-refractivity contribution in [3.63, 3.8) is 0 Å². The van der Waals surface area contributed by atoms with E-state index in [1.165, 1.54) is 18.7 Å². The number of methoxy groups -OCH3 is 1. The summed E-state index contributed by atoms with van der Waals surface area (Å²) in [5.41, 5.74) is 3.30. The molecule has 0 aliphatic carbocycles. The number of sulfonamides is 1. The second-order valence-electron chi connectivity index (χ2n) is 5.43. The van der Waals surface area contributed by atoms with Gasteiger partial charge >= 0.3 is 0 Å². The topological polar surface area (TPSA) is 55.4 Å². The number of ether oxygens (including phenoxy) is 1. The Kier molecular flexibility index (Phi) is 6.27. The molecule has 0 spiro atoms. The zero-order chi connectivity index (χ0) is 17.7. The van der Waals surface area contributed by atoms with Gasteiger partial charge in [0, 0.05) is 11.6 Å². The number of aryl methyl sites for hydroxylation is 2. The normalized spacial score (nSPS) is 11.5. The molecule has 0 saturated carbocycles. The van der Waals surface area contributed by atoms with Crippen molar-refractivity contribution in [2.24, 2.45) is 0 Å². The molecule has 6 heteroatoms. The van der Waals surface area contributed by atoms with Gasteiger partial charge in [0.15, 0.2) is 0 Å². The molecule has 0 aromatic heterocycles. The molecule has 1 N–H and O–H groups in total. The Hall–Kier alpha value is -1.56. The van der Waals surface area contributed by atoms with E-state index in [2.05, 4.69) is 36.8 Å². The third kappa shape index (κ3) is 4.29. The predicted molar refractivity (Wildman–Crippen MR) is 97.2 cm³/mol. The van der Waals surface area contributed by atoms with Crippen LogP contribution in [0.1, 0.15) is 30.5 Å². The van der Waals surface area contributed by atoms with Crippen LogP contribution in [-0.2, 0) is 29.4 Å². The number of rotatable bonds is 7. The molecule has 0 aliphatic rings. The van der Waals surface area contributed by atoms with E-state index in [1.54, 1.807) is 12.1 Å². The van der Waals surface area contributed by atoms with Crippen LogP contribution in [0.2, 0.25) is 5.02 Å². The molecule has 2 rings (SSSR count). The van der Waals surface area contributed by atoms with E-state index in [0.717, 1.165) is 24.0 Å². The highest BCUT2D eigenvalue weighted by molar-refractivity contribution is 7.89. The van der Waals surface area contributed by atoms with Gasteiger partial charge in [-0.25, -0.2) is 13.1 Å². The highest BCUT2D eigenvalue weighted by atomic mass is 35.5. The van der Waals surface area contributed by atoms with Crippen LogP contribution in [0.3, 0.4) is 0 Å². The van der Waals surface area contributed by atoms with Gasteiger partial charge in [-0.05, 0) is 47.7 Å². The van der Waals surface area contributed by atoms with Crippen molar-refractivity contribution in [2.45, 2.75) is 38.1 Å². The molecule has 0 radical (unpaired) electrons. The van der Waals surface area contributed by atoms with Gasteiger partial charge in [-0.3, -0.25) is 0 Å². The Morgan fingerprint density at radius 3 is 2.42 bits per heavy atom. The highest BCUT2D eigenvalue weighted by Gasteiger charge is 2.20. The van der Waals surface area contributed by atoms with Gasteiger partial charge in [0.25, 0.3) is 0 Å². The summed E-state index contributed by atoms with van der Waals surface area (Å²) in [5.74, 6) is 0.268. The van der Waals surface area contributed by atoms with Crippen molar-refractivity contribution in [2.75, 3.05) is 7.11 Å². The van der Waals surface area contributed by atoms with Gasteiger partial charge in [-0.15, -0.1) is 0 Å². The molecule has 24 heavy (non-hydrogen) atoms. The summed E-state index contributed by atoms with van der Waals surface area (Å²) in [6, 6.07) is 10.7. The quantitative estimate of drug-likeness (QED) is 0.806. The number of halogens is 1. The number of nitrogens with one attached hydrogen (secondary N) is 1. The second kappa shape index (κ2) is 8.01. The summed E-state index contributed by atoms with van der Waals surface area (Å²) in [4.78, 5) is 0.0437. The van der Waals surface area contributed by atoms with Crippen molar-refractivity contribution in [3.8, 4) is 5.75 Å². The van der Waals surface area contributed by atoms with E-state index in [1.807, 2.05) is 0 Å². The van der Waals surface area contributed by atoms with Gasteiger partial charge in [0.1, 0.15) is 10.6 Å². The molecular weight excluding hydrogens is 346 g/mol. The highest BCUT2D eigenvalue weighted by Crippen LogP contribution is 2.27. The first kappa shape index (κ1) is 18.8. The van der Waals surface area contributed by atoms with E-state index in [4.69, 9.17) is 16.3 Å². The van der Waals surface area contributed by atoms with Crippen molar-refractivity contribution >= 4 is 21.6 Å². The second-order valence-corrected chi connectivity index (χ2v) is 7.60. The van der Waals surface area contributed by atoms with Crippen LogP contribution < -0.4 is 9.46 Å². The Labute approximate surface area is 148 Å². The Morgan fingerprint density at radius 1 is 1.04 bits per heavy atom. The molecule has 2 aromatic carbocycles. The average Bonchev–Trinajstić information content (AvgIpc) is 2.59. The molecule has 130 valence electrons. The fourth-order valence-corrected chi connectivity index (χ4v) is 3.96. The van der Waals surface area contributed by atoms with Gasteiger partial charge < -0.3 is 4.74 Å². The van der Waals surface area contributed by atoms with Crippen LogP contribution in [0.15, 0.2) is 41.3 Å². The monoisotopic (exact) mass is 367 g/mol. The van der Waals surface area contributed by atoms with Crippen LogP contribution in [0.25, 0.3) is 0 Å². The lowest BCUT2D eigenvalue weighted by atomic mass is 10.0. The summed E-state index contributed by atoms with van der Waals surface area (Å²) >= 11 is 5.94. The maximum absolute atomic E-state index is 12.6. The molecule has 0 amide bonds. The first-order valence-corrected chi connectivity index (χ1v) is 9.71. The smallest absolute Gasteiger partial charge is 0.244 e. The predicted octanol–water partition coefficient (Wildman–Crippen LogP) is 3.95. The molecule has 2 aromatic rings. The largest absolute Gasteiger partial charge is 0.495 e. The Bertz CT molecular complexity index is 819. The van der Waals surface area contributed by atoms with Gasteiger partial charge in [0.2, 0.25) is 10.0 Å². The fraction of sp³-hybridized carbons (Fsp3) is 0.333. The molecule has 4 nitrogen and oxygen atoms in total. The molecule has 0 bridgehead atoms. The van der Waals surface area contributed by atoms with Gasteiger partial charge in [0.05, 0.1) is 7.11 Å². The van der Waals surface area contributed by atoms with Gasteiger partial charge in [-0.2, -0.15) is 0 Å². The third-order valence-electron chi connectivity index (χ3n) is 3.93. The number of benzene rings is 2. The lowest BCUT2D eigenvalue weighted by molar-refractivity contribution is 0.402. The van der Waals surface area contributed by atoms with Crippen LogP contribution in [-0.4, -0.2) is 15.5 Å². The number of hydrogen-bond acceptors (Lipinski definition) is 3. The zero-order valence-corrected chi connectivity index (χ0v) is 15.7. The minimum Gasteiger partial charge on any atom is -0.495 e. The molecule has 0 aliphatic heterocycles. The van der Waals surface area contributed by atoms with Crippen LogP contribution in [0, 0.1) is 0 Å². The van der Waals surface area contributed by atoms with Crippen molar-refractivity contribution in [3.05, 3.63) is 58.1 Å². The summed E-state index contributed by atoms with van der Waals surface area (Å²) in [6.07, 6.45) is 1.76. The minimum absolute atomic E-state index is 0.0437. The summed E-state index contributed by atoms with van der Waals surface area (Å²) in [6.45, 7) is 4.36. The molecule has 0 unspecified atom stereocenters. The lowest BCUT2D eigenvalue weighted by Crippen LogP contribution is -2.24. The molecule has 0 saturated heterocycles. The Balaban J connectivity index is 2.30. The van der Waals surface area contributed by atoms with Crippen molar-refractivity contribution in [1.29, 1.82) is 0 Å². The Morgan fingerprint density at radius 2 is 1.79 bits per heavy atom. The first-order valence-electron chi connectivity index (χ1n) is 7.85. The maximum atomic E-state index is 12.6. The molecule has 0 heterocycles. The fourth-order valence-electron chi connectivity index (χ4n) is 2.52. The van der Waals surface area contributed by atoms with E-state index in [-0.39, 0.29) is 17.2 Å². The van der Waals surface area contributed by atoms with Gasteiger partial charge in [-0.1, -0.05) is 43.6 Å². The average molecular weight is 368 g/mol. The zero-order valence-electron chi connectivity index (χ0n) is 14.1. The van der Waals surface area contributed by atoms with E-state index < -0.39 is 10.0 Å². The number of hydrogen-bond donors (Lipinski definition) is 1.